The summed E-state index contributed by atoms with van der Waals surface area (Å²) in [5.41, 5.74) is 1.51. The van der Waals surface area contributed by atoms with Gasteiger partial charge in [-0.3, -0.25) is 9.59 Å². The van der Waals surface area contributed by atoms with Crippen LogP contribution in [0, 0.1) is 0 Å². The lowest BCUT2D eigenvalue weighted by molar-refractivity contribution is -0.113. The highest BCUT2D eigenvalue weighted by Crippen LogP contribution is 2.21. The summed E-state index contributed by atoms with van der Waals surface area (Å²) in [4.78, 5) is 24.2. The van der Waals surface area contributed by atoms with E-state index in [-0.39, 0.29) is 17.1 Å². The molecule has 0 N–H and O–H groups in total. The number of hydrogen-bond acceptors (Lipinski definition) is 2. The largest absolute Gasteiger partial charge is 0.294 e. The molecule has 2 nitrogen and oxygen atoms in total. The molecule has 0 aliphatic carbocycles. The van der Waals surface area contributed by atoms with Crippen LogP contribution in [0.4, 0.5) is 0 Å². The number of allylic oxidation sites excluding steroid dienone is 1. The molecule has 20 heavy (non-hydrogen) atoms. The number of carbonyl (C=O) groups excluding carboxylic acids is 2. The summed E-state index contributed by atoms with van der Waals surface area (Å²) in [6.45, 7) is 1.41. The fraction of sp³-hybridized carbons (Fsp3) is 0.0588. The maximum Gasteiger partial charge on any atom is 0.196 e. The van der Waals surface area contributed by atoms with E-state index in [2.05, 4.69) is 15.9 Å². The molecule has 0 aliphatic rings. The van der Waals surface area contributed by atoms with Crippen LogP contribution in [0.15, 0.2) is 64.6 Å². The second kappa shape index (κ2) is 6.44. The van der Waals surface area contributed by atoms with Gasteiger partial charge in [0.25, 0.3) is 0 Å². The molecule has 0 bridgehead atoms. The van der Waals surface area contributed by atoms with Gasteiger partial charge in [-0.25, -0.2) is 0 Å². The minimum absolute atomic E-state index is 0.183. The van der Waals surface area contributed by atoms with E-state index >= 15 is 0 Å². The van der Waals surface area contributed by atoms with E-state index in [1.165, 1.54) is 6.92 Å². The first-order valence-corrected chi connectivity index (χ1v) is 6.96. The van der Waals surface area contributed by atoms with Gasteiger partial charge >= 0.3 is 0 Å². The van der Waals surface area contributed by atoms with Crippen molar-refractivity contribution >= 4 is 33.6 Å². The van der Waals surface area contributed by atoms with E-state index in [9.17, 15) is 9.59 Å². The zero-order valence-electron chi connectivity index (χ0n) is 11.0. The number of ketones is 2. The molecule has 0 saturated heterocycles. The van der Waals surface area contributed by atoms with E-state index in [1.54, 1.807) is 30.3 Å². The van der Waals surface area contributed by atoms with Gasteiger partial charge in [-0.15, -0.1) is 0 Å². The van der Waals surface area contributed by atoms with Crippen LogP contribution < -0.4 is 0 Å². The number of Topliss-reactive ketones (excluding diaryl/α,β-unsaturated/α-hetero) is 2. The first-order valence-electron chi connectivity index (χ1n) is 6.16. The molecule has 0 radical (unpaired) electrons. The van der Waals surface area contributed by atoms with Crippen LogP contribution in [-0.4, -0.2) is 11.6 Å². The molecule has 0 amide bonds. The molecule has 0 aliphatic heterocycles. The molecule has 100 valence electrons. The van der Waals surface area contributed by atoms with E-state index in [0.29, 0.717) is 5.56 Å². The van der Waals surface area contributed by atoms with E-state index in [4.69, 9.17) is 0 Å². The van der Waals surface area contributed by atoms with Crippen molar-refractivity contribution in [3.8, 4) is 0 Å². The van der Waals surface area contributed by atoms with Crippen LogP contribution in [0.1, 0.15) is 22.8 Å². The van der Waals surface area contributed by atoms with Gasteiger partial charge in [0, 0.05) is 10.0 Å². The third-order valence-corrected chi connectivity index (χ3v) is 3.59. The fourth-order valence-corrected chi connectivity index (χ4v) is 2.22. The van der Waals surface area contributed by atoms with Gasteiger partial charge in [0.1, 0.15) is 0 Å². The summed E-state index contributed by atoms with van der Waals surface area (Å²) in [6.07, 6.45) is 1.63. The van der Waals surface area contributed by atoms with Crippen molar-refractivity contribution < 1.29 is 9.59 Å². The van der Waals surface area contributed by atoms with Crippen molar-refractivity contribution in [2.24, 2.45) is 0 Å². The molecule has 0 heterocycles. The summed E-state index contributed by atoms with van der Waals surface area (Å²) in [5.74, 6) is -0.497. The van der Waals surface area contributed by atoms with Gasteiger partial charge < -0.3 is 0 Å². The molecule has 0 spiro atoms. The molecule has 0 unspecified atom stereocenters. The first kappa shape index (κ1) is 14.4. The van der Waals surface area contributed by atoms with Gasteiger partial charge in [-0.05, 0) is 24.6 Å². The number of rotatable bonds is 4. The Hall–Kier alpha value is -2.00. The molecule has 2 aromatic carbocycles. The summed E-state index contributed by atoms with van der Waals surface area (Å²) < 4.78 is 0.847. The summed E-state index contributed by atoms with van der Waals surface area (Å²) in [6, 6.07) is 16.3. The molecular formula is C17H13BrO2. The van der Waals surface area contributed by atoms with Crippen molar-refractivity contribution in [2.45, 2.75) is 6.92 Å². The Morgan fingerprint density at radius 3 is 2.15 bits per heavy atom. The minimum atomic E-state index is -0.256. The van der Waals surface area contributed by atoms with Crippen molar-refractivity contribution in [3.05, 3.63) is 75.8 Å². The van der Waals surface area contributed by atoms with Gasteiger partial charge in [-0.2, -0.15) is 0 Å². The highest BCUT2D eigenvalue weighted by Gasteiger charge is 2.16. The van der Waals surface area contributed by atoms with Crippen molar-refractivity contribution in [1.82, 2.24) is 0 Å². The third-order valence-electron chi connectivity index (χ3n) is 2.86. The first-order chi connectivity index (χ1) is 9.59. The lowest BCUT2D eigenvalue weighted by Gasteiger charge is -2.05. The highest BCUT2D eigenvalue weighted by molar-refractivity contribution is 9.10. The van der Waals surface area contributed by atoms with Crippen molar-refractivity contribution in [3.63, 3.8) is 0 Å². The van der Waals surface area contributed by atoms with Gasteiger partial charge in [0.05, 0.1) is 5.57 Å². The predicted molar refractivity (Wildman–Crippen MR) is 83.6 cm³/mol. The lowest BCUT2D eigenvalue weighted by atomic mass is 9.98. The number of halogens is 1. The Balaban J connectivity index is 2.45. The predicted octanol–water partition coefficient (Wildman–Crippen LogP) is 4.30. The molecule has 2 aromatic rings. The fourth-order valence-electron chi connectivity index (χ4n) is 1.82. The standard InChI is InChI=1S/C17H13BrO2/c1-12(19)15(11-14-9-5-6-10-16(14)18)17(20)13-7-3-2-4-8-13/h2-11H,1H3. The molecule has 0 fully saturated rings. The normalized spacial score (nSPS) is 11.2. The van der Waals surface area contributed by atoms with Crippen molar-refractivity contribution in [2.75, 3.05) is 0 Å². The van der Waals surface area contributed by atoms with E-state index in [1.807, 2.05) is 30.3 Å². The Morgan fingerprint density at radius 2 is 1.55 bits per heavy atom. The molecule has 2 rings (SSSR count). The van der Waals surface area contributed by atoms with Crippen LogP contribution in [-0.2, 0) is 4.79 Å². The smallest absolute Gasteiger partial charge is 0.196 e. The number of benzene rings is 2. The van der Waals surface area contributed by atoms with Gasteiger partial charge in [-0.1, -0.05) is 64.5 Å². The van der Waals surface area contributed by atoms with Gasteiger partial charge in [0.15, 0.2) is 11.6 Å². The quantitative estimate of drug-likeness (QED) is 0.363. The Labute approximate surface area is 126 Å². The number of carbonyl (C=O) groups is 2. The van der Waals surface area contributed by atoms with Crippen LogP contribution in [0.3, 0.4) is 0 Å². The van der Waals surface area contributed by atoms with Gasteiger partial charge in [0.2, 0.25) is 0 Å². The third kappa shape index (κ3) is 3.31. The Kier molecular flexibility index (Phi) is 4.64. The molecular weight excluding hydrogens is 316 g/mol. The van der Waals surface area contributed by atoms with Crippen LogP contribution in [0.5, 0.6) is 0 Å². The van der Waals surface area contributed by atoms with E-state index < -0.39 is 0 Å². The average molecular weight is 329 g/mol. The monoisotopic (exact) mass is 328 g/mol. The van der Waals surface area contributed by atoms with Crippen LogP contribution >= 0.6 is 15.9 Å². The molecule has 0 atom stereocenters. The molecule has 3 heteroatoms. The average Bonchev–Trinajstić information content (AvgIpc) is 2.46. The zero-order chi connectivity index (χ0) is 14.5. The maximum absolute atomic E-state index is 12.4. The van der Waals surface area contributed by atoms with Crippen molar-refractivity contribution in [1.29, 1.82) is 0 Å². The topological polar surface area (TPSA) is 34.1 Å². The Bertz CT molecular complexity index is 672. The molecule has 0 saturated carbocycles. The SMILES string of the molecule is CC(=O)C(=Cc1ccccc1Br)C(=O)c1ccccc1. The lowest BCUT2D eigenvalue weighted by Crippen LogP contribution is -2.10. The summed E-state index contributed by atoms with van der Waals surface area (Å²) in [7, 11) is 0. The maximum atomic E-state index is 12.4. The summed E-state index contributed by atoms with van der Waals surface area (Å²) in [5, 5.41) is 0. The zero-order valence-corrected chi connectivity index (χ0v) is 12.6. The minimum Gasteiger partial charge on any atom is -0.294 e. The second-order valence-corrected chi connectivity index (χ2v) is 5.19. The number of hydrogen-bond donors (Lipinski definition) is 0. The highest BCUT2D eigenvalue weighted by atomic mass is 79.9. The molecule has 0 aromatic heterocycles. The second-order valence-electron chi connectivity index (χ2n) is 4.33. The van der Waals surface area contributed by atoms with Crippen LogP contribution in [0.25, 0.3) is 6.08 Å². The Morgan fingerprint density at radius 1 is 0.950 bits per heavy atom. The van der Waals surface area contributed by atoms with E-state index in [0.717, 1.165) is 10.0 Å². The van der Waals surface area contributed by atoms with Crippen LogP contribution in [0.2, 0.25) is 0 Å². The summed E-state index contributed by atoms with van der Waals surface area (Å²) >= 11 is 3.41.